The number of thiophene rings is 1. The van der Waals surface area contributed by atoms with Crippen LogP contribution < -0.4 is 0 Å². The van der Waals surface area contributed by atoms with Crippen molar-refractivity contribution < 1.29 is 13.9 Å². The molecule has 1 heterocycles. The summed E-state index contributed by atoms with van der Waals surface area (Å²) < 4.78 is 18.4. The number of rotatable bonds is 5. The van der Waals surface area contributed by atoms with Gasteiger partial charge in [0.1, 0.15) is 12.4 Å². The Morgan fingerprint density at radius 1 is 1.24 bits per heavy atom. The molecule has 0 saturated carbocycles. The molecule has 0 aliphatic rings. The molecule has 4 heteroatoms. The van der Waals surface area contributed by atoms with Crippen molar-refractivity contribution >= 4 is 17.1 Å². The largest absolute Gasteiger partial charge is 0.368 e. The zero-order chi connectivity index (χ0) is 12.1. The van der Waals surface area contributed by atoms with Gasteiger partial charge in [0.25, 0.3) is 0 Å². The van der Waals surface area contributed by atoms with Crippen LogP contribution in [-0.4, -0.2) is 12.4 Å². The second-order valence-electron chi connectivity index (χ2n) is 3.48. The molecule has 0 saturated heterocycles. The topological polar surface area (TPSA) is 26.3 Å². The first-order valence-electron chi connectivity index (χ1n) is 5.15. The minimum absolute atomic E-state index is 0.0190. The Labute approximate surface area is 103 Å². The molecule has 1 aromatic carbocycles. The molecule has 0 amide bonds. The van der Waals surface area contributed by atoms with Gasteiger partial charge in [0.05, 0.1) is 11.5 Å². The lowest BCUT2D eigenvalue weighted by molar-refractivity contribution is 0.0725. The molecule has 0 N–H and O–H groups in total. The highest BCUT2D eigenvalue weighted by Gasteiger charge is 2.07. The molecular weight excluding hydrogens is 239 g/mol. The quantitative estimate of drug-likeness (QED) is 0.761. The molecule has 0 bridgehead atoms. The fraction of sp³-hybridized carbons (Fsp3) is 0.154. The van der Waals surface area contributed by atoms with Crippen LogP contribution in [0.2, 0.25) is 0 Å². The van der Waals surface area contributed by atoms with E-state index in [1.165, 1.54) is 17.4 Å². The Morgan fingerprint density at radius 2 is 2.06 bits per heavy atom. The number of carbonyl (C=O) groups excluding carboxylic acids is 1. The zero-order valence-electron chi connectivity index (χ0n) is 9.06. The summed E-state index contributed by atoms with van der Waals surface area (Å²) >= 11 is 1.38. The van der Waals surface area contributed by atoms with Crippen LogP contribution in [-0.2, 0) is 11.3 Å². The molecule has 0 fully saturated rings. The van der Waals surface area contributed by atoms with Crippen LogP contribution >= 0.6 is 11.3 Å². The first-order valence-corrected chi connectivity index (χ1v) is 6.03. The van der Waals surface area contributed by atoms with E-state index < -0.39 is 0 Å². The normalized spacial score (nSPS) is 10.4. The van der Waals surface area contributed by atoms with Gasteiger partial charge in [-0.2, -0.15) is 0 Å². The van der Waals surface area contributed by atoms with E-state index in [-0.39, 0.29) is 24.8 Å². The molecule has 0 aliphatic carbocycles. The van der Waals surface area contributed by atoms with Crippen molar-refractivity contribution in [3.8, 4) is 0 Å². The highest BCUT2D eigenvalue weighted by molar-refractivity contribution is 7.12. The average molecular weight is 250 g/mol. The molecule has 0 unspecified atom stereocenters. The highest BCUT2D eigenvalue weighted by Crippen LogP contribution is 2.11. The fourth-order valence-corrected chi connectivity index (χ4v) is 2.03. The van der Waals surface area contributed by atoms with Crippen LogP contribution in [0.1, 0.15) is 15.2 Å². The van der Waals surface area contributed by atoms with Crippen LogP contribution in [0, 0.1) is 5.82 Å². The van der Waals surface area contributed by atoms with Gasteiger partial charge in [-0.3, -0.25) is 4.79 Å². The SMILES string of the molecule is O=C(COCc1ccccc1F)c1cccs1. The van der Waals surface area contributed by atoms with Crippen LogP contribution in [0.15, 0.2) is 41.8 Å². The van der Waals surface area contributed by atoms with E-state index in [1.54, 1.807) is 24.3 Å². The van der Waals surface area contributed by atoms with Crippen molar-refractivity contribution in [3.05, 3.63) is 58.0 Å². The molecule has 17 heavy (non-hydrogen) atoms. The van der Waals surface area contributed by atoms with E-state index in [1.807, 2.05) is 11.4 Å². The van der Waals surface area contributed by atoms with E-state index in [0.29, 0.717) is 10.4 Å². The van der Waals surface area contributed by atoms with E-state index in [4.69, 9.17) is 4.74 Å². The summed E-state index contributed by atoms with van der Waals surface area (Å²) in [6, 6.07) is 9.94. The van der Waals surface area contributed by atoms with Gasteiger partial charge in [0.2, 0.25) is 0 Å². The van der Waals surface area contributed by atoms with Crippen LogP contribution in [0.5, 0.6) is 0 Å². The van der Waals surface area contributed by atoms with Gasteiger partial charge in [0.15, 0.2) is 5.78 Å². The summed E-state index contributed by atoms with van der Waals surface area (Å²) in [6.07, 6.45) is 0. The second kappa shape index (κ2) is 5.70. The van der Waals surface area contributed by atoms with Crippen molar-refractivity contribution in [2.45, 2.75) is 6.61 Å². The van der Waals surface area contributed by atoms with Crippen molar-refractivity contribution in [3.63, 3.8) is 0 Å². The summed E-state index contributed by atoms with van der Waals surface area (Å²) in [7, 11) is 0. The summed E-state index contributed by atoms with van der Waals surface area (Å²) in [5.74, 6) is -0.382. The van der Waals surface area contributed by atoms with Crippen molar-refractivity contribution in [2.75, 3.05) is 6.61 Å². The number of hydrogen-bond acceptors (Lipinski definition) is 3. The third kappa shape index (κ3) is 3.22. The van der Waals surface area contributed by atoms with Crippen molar-refractivity contribution in [1.82, 2.24) is 0 Å². The molecule has 2 aromatic rings. The lowest BCUT2D eigenvalue weighted by Crippen LogP contribution is -2.08. The van der Waals surface area contributed by atoms with Gasteiger partial charge in [-0.05, 0) is 17.5 Å². The molecule has 88 valence electrons. The smallest absolute Gasteiger partial charge is 0.198 e. The number of halogens is 1. The molecule has 0 atom stereocenters. The van der Waals surface area contributed by atoms with E-state index >= 15 is 0 Å². The third-order valence-electron chi connectivity index (χ3n) is 2.24. The third-order valence-corrected chi connectivity index (χ3v) is 3.16. The van der Waals surface area contributed by atoms with Gasteiger partial charge in [0, 0.05) is 5.56 Å². The first kappa shape index (κ1) is 12.0. The first-order chi connectivity index (χ1) is 8.27. The predicted molar refractivity (Wildman–Crippen MR) is 64.7 cm³/mol. The molecule has 0 radical (unpaired) electrons. The van der Waals surface area contributed by atoms with E-state index in [2.05, 4.69) is 0 Å². The van der Waals surface area contributed by atoms with Gasteiger partial charge >= 0.3 is 0 Å². The Kier molecular flexibility index (Phi) is 4.01. The van der Waals surface area contributed by atoms with Crippen LogP contribution in [0.25, 0.3) is 0 Å². The van der Waals surface area contributed by atoms with E-state index in [0.717, 1.165) is 0 Å². The minimum atomic E-state index is -0.309. The maximum absolute atomic E-state index is 13.2. The Morgan fingerprint density at radius 3 is 2.76 bits per heavy atom. The lowest BCUT2D eigenvalue weighted by atomic mass is 10.2. The number of benzene rings is 1. The minimum Gasteiger partial charge on any atom is -0.368 e. The summed E-state index contributed by atoms with van der Waals surface area (Å²) in [6.45, 7) is 0.0959. The molecule has 2 nitrogen and oxygen atoms in total. The maximum atomic E-state index is 13.2. The molecule has 0 aliphatic heterocycles. The summed E-state index contributed by atoms with van der Waals surface area (Å²) in [5.41, 5.74) is 0.464. The van der Waals surface area contributed by atoms with Gasteiger partial charge in [-0.25, -0.2) is 4.39 Å². The van der Waals surface area contributed by atoms with E-state index in [9.17, 15) is 9.18 Å². The van der Waals surface area contributed by atoms with Gasteiger partial charge in [-0.1, -0.05) is 24.3 Å². The highest BCUT2D eigenvalue weighted by atomic mass is 32.1. The number of ketones is 1. The summed E-state index contributed by atoms with van der Waals surface area (Å²) in [4.78, 5) is 12.2. The molecule has 2 rings (SSSR count). The predicted octanol–water partition coefficient (Wildman–Crippen LogP) is 3.29. The van der Waals surface area contributed by atoms with Crippen molar-refractivity contribution in [2.24, 2.45) is 0 Å². The number of Topliss-reactive ketones (excluding diaryl/α,β-unsaturated/α-hetero) is 1. The standard InChI is InChI=1S/C13H11FO2S/c14-11-5-2-1-4-10(11)8-16-9-12(15)13-6-3-7-17-13/h1-7H,8-9H2. The molecule has 0 spiro atoms. The monoisotopic (exact) mass is 250 g/mol. The van der Waals surface area contributed by atoms with Crippen LogP contribution in [0.4, 0.5) is 4.39 Å². The van der Waals surface area contributed by atoms with Gasteiger partial charge < -0.3 is 4.74 Å². The fourth-order valence-electron chi connectivity index (χ4n) is 1.38. The number of hydrogen-bond donors (Lipinski definition) is 0. The molecular formula is C13H11FO2S. The van der Waals surface area contributed by atoms with Crippen LogP contribution in [0.3, 0.4) is 0 Å². The van der Waals surface area contributed by atoms with Crippen molar-refractivity contribution in [1.29, 1.82) is 0 Å². The Hall–Kier alpha value is -1.52. The molecule has 1 aromatic heterocycles. The zero-order valence-corrected chi connectivity index (χ0v) is 9.87. The average Bonchev–Trinajstić information content (AvgIpc) is 2.85. The Bertz CT molecular complexity index is 494. The number of carbonyl (C=O) groups is 1. The van der Waals surface area contributed by atoms with Gasteiger partial charge in [-0.15, -0.1) is 11.3 Å². The second-order valence-corrected chi connectivity index (χ2v) is 4.43. The number of ether oxygens (including phenoxy) is 1. The maximum Gasteiger partial charge on any atom is 0.198 e. The Balaban J connectivity index is 1.84. The lowest BCUT2D eigenvalue weighted by Gasteiger charge is -2.03. The summed E-state index contributed by atoms with van der Waals surface area (Å²) in [5, 5.41) is 1.84.